The predicted octanol–water partition coefficient (Wildman–Crippen LogP) is 2.06. The molecule has 1 saturated heterocycles. The van der Waals surface area contributed by atoms with Crippen LogP contribution in [0, 0.1) is 11.2 Å². The molecule has 0 radical (unpaired) electrons. The van der Waals surface area contributed by atoms with E-state index in [0.29, 0.717) is 5.75 Å². The summed E-state index contributed by atoms with van der Waals surface area (Å²) in [6.45, 7) is 3.22. The minimum absolute atomic E-state index is 0.0812. The Labute approximate surface area is 180 Å². The number of carbonyl (C=O) groups is 1. The summed E-state index contributed by atoms with van der Waals surface area (Å²) >= 11 is 0. The molecule has 8 nitrogen and oxygen atoms in total. The lowest BCUT2D eigenvalue weighted by atomic mass is 9.76. The predicted molar refractivity (Wildman–Crippen MR) is 109 cm³/mol. The number of aliphatic hydroxyl groups is 1. The largest absolute Gasteiger partial charge is 0.489 e. The third-order valence-corrected chi connectivity index (χ3v) is 7.13. The third kappa shape index (κ3) is 5.04. The summed E-state index contributed by atoms with van der Waals surface area (Å²) in [5, 5.41) is 19.3. The van der Waals surface area contributed by atoms with Crippen molar-refractivity contribution in [3.8, 4) is 5.75 Å². The molecule has 3 N–H and O–H groups in total. The number of nitrogens with zero attached hydrogens (tertiary/aromatic N) is 1. The van der Waals surface area contributed by atoms with Crippen molar-refractivity contribution in [2.45, 2.75) is 43.9 Å². The van der Waals surface area contributed by atoms with E-state index in [4.69, 9.17) is 9.94 Å². The van der Waals surface area contributed by atoms with Gasteiger partial charge in [0, 0.05) is 6.54 Å². The molecule has 1 fully saturated rings. The van der Waals surface area contributed by atoms with Crippen molar-refractivity contribution in [3.05, 3.63) is 59.9 Å². The summed E-state index contributed by atoms with van der Waals surface area (Å²) in [6, 6.07) is 10.3. The van der Waals surface area contributed by atoms with E-state index in [0.717, 1.165) is 9.87 Å². The first-order valence-corrected chi connectivity index (χ1v) is 11.1. The standard InChI is InChI=1S/C21H25FN2O6S/c1-21(2)11-16(25)12-24(19(21)20(26)23-27)31(28,29)18-9-7-17(8-10-18)30-13-14-3-5-15(22)6-4-14/h3-10,16,19,25,27H,11-13H2,1-2H3,(H,23,26)/t16-,19+/m1/s1. The fraction of sp³-hybridized carbons (Fsp3) is 0.381. The number of sulfonamides is 1. The van der Waals surface area contributed by atoms with Gasteiger partial charge in [-0.25, -0.2) is 18.3 Å². The second-order valence-corrected chi connectivity index (χ2v) is 10.1. The summed E-state index contributed by atoms with van der Waals surface area (Å²) < 4.78 is 46.0. The van der Waals surface area contributed by atoms with Gasteiger partial charge in [-0.15, -0.1) is 0 Å². The van der Waals surface area contributed by atoms with Crippen molar-refractivity contribution < 1.29 is 32.7 Å². The molecular weight excluding hydrogens is 427 g/mol. The van der Waals surface area contributed by atoms with Crippen LogP contribution >= 0.6 is 0 Å². The number of carbonyl (C=O) groups excluding carboxylic acids is 1. The van der Waals surface area contributed by atoms with Crippen molar-refractivity contribution in [1.29, 1.82) is 0 Å². The van der Waals surface area contributed by atoms with Crippen molar-refractivity contribution in [1.82, 2.24) is 9.79 Å². The van der Waals surface area contributed by atoms with Crippen LogP contribution in [0.2, 0.25) is 0 Å². The van der Waals surface area contributed by atoms with Gasteiger partial charge in [-0.3, -0.25) is 10.0 Å². The van der Waals surface area contributed by atoms with E-state index >= 15 is 0 Å². The Bertz CT molecular complexity index is 1020. The molecule has 10 heteroatoms. The molecule has 2 aromatic carbocycles. The molecule has 0 spiro atoms. The second kappa shape index (κ2) is 8.91. The summed E-state index contributed by atoms with van der Waals surface area (Å²) in [5.41, 5.74) is 1.38. The van der Waals surface area contributed by atoms with Crippen LogP contribution in [0.4, 0.5) is 4.39 Å². The number of β-amino-alcohol motifs (C(OH)–C–C–N with tert-alkyl or cyclic N) is 1. The Kier molecular flexibility index (Phi) is 6.65. The number of piperidine rings is 1. The number of hydroxylamine groups is 1. The van der Waals surface area contributed by atoms with Crippen LogP contribution in [0.3, 0.4) is 0 Å². The first-order chi connectivity index (χ1) is 14.5. The lowest BCUT2D eigenvalue weighted by molar-refractivity contribution is -0.140. The van der Waals surface area contributed by atoms with Gasteiger partial charge in [0.25, 0.3) is 5.91 Å². The zero-order valence-electron chi connectivity index (χ0n) is 17.2. The number of ether oxygens (including phenoxy) is 1. The molecule has 0 aliphatic carbocycles. The highest BCUT2D eigenvalue weighted by molar-refractivity contribution is 7.89. The van der Waals surface area contributed by atoms with Gasteiger partial charge < -0.3 is 9.84 Å². The minimum Gasteiger partial charge on any atom is -0.489 e. The average Bonchev–Trinajstić information content (AvgIpc) is 2.72. The minimum atomic E-state index is -4.15. The van der Waals surface area contributed by atoms with Crippen LogP contribution in [-0.2, 0) is 21.4 Å². The molecule has 2 aromatic rings. The Morgan fingerprint density at radius 2 is 1.81 bits per heavy atom. The SMILES string of the molecule is CC1(C)C[C@@H](O)CN(S(=O)(=O)c2ccc(OCc3ccc(F)cc3)cc2)[C@H]1C(=O)NO. The number of hydrogen-bond acceptors (Lipinski definition) is 6. The average molecular weight is 453 g/mol. The van der Waals surface area contributed by atoms with Gasteiger partial charge in [-0.1, -0.05) is 26.0 Å². The highest BCUT2D eigenvalue weighted by Gasteiger charge is 2.50. The van der Waals surface area contributed by atoms with Gasteiger partial charge in [0.15, 0.2) is 0 Å². The highest BCUT2D eigenvalue weighted by atomic mass is 32.2. The molecule has 1 amide bonds. The van der Waals surface area contributed by atoms with Crippen molar-refractivity contribution in [3.63, 3.8) is 0 Å². The molecule has 0 unspecified atom stereocenters. The van der Waals surface area contributed by atoms with E-state index in [1.54, 1.807) is 26.0 Å². The number of rotatable bonds is 6. The number of benzene rings is 2. The fourth-order valence-electron chi connectivity index (χ4n) is 3.86. The number of aliphatic hydroxyl groups excluding tert-OH is 1. The number of hydrogen-bond donors (Lipinski definition) is 3. The maximum Gasteiger partial charge on any atom is 0.262 e. The third-order valence-electron chi connectivity index (χ3n) is 5.29. The lowest BCUT2D eigenvalue weighted by Crippen LogP contribution is -2.62. The van der Waals surface area contributed by atoms with Gasteiger partial charge >= 0.3 is 0 Å². The van der Waals surface area contributed by atoms with Gasteiger partial charge in [0.1, 0.15) is 24.2 Å². The Morgan fingerprint density at radius 3 is 2.39 bits per heavy atom. The molecule has 168 valence electrons. The van der Waals surface area contributed by atoms with E-state index in [9.17, 15) is 22.7 Å². The lowest BCUT2D eigenvalue weighted by Gasteiger charge is -2.45. The zero-order valence-corrected chi connectivity index (χ0v) is 18.0. The Morgan fingerprint density at radius 1 is 1.19 bits per heavy atom. The maximum atomic E-state index is 13.3. The Hall–Kier alpha value is -2.53. The number of amides is 1. The van der Waals surface area contributed by atoms with Crippen LogP contribution in [0.1, 0.15) is 25.8 Å². The summed E-state index contributed by atoms with van der Waals surface area (Å²) in [5.74, 6) is -0.802. The molecule has 1 heterocycles. The fourth-order valence-corrected chi connectivity index (χ4v) is 5.64. The quantitative estimate of drug-likeness (QED) is 0.456. The summed E-state index contributed by atoms with van der Waals surface area (Å²) in [7, 11) is -4.15. The molecule has 0 saturated carbocycles. The molecule has 31 heavy (non-hydrogen) atoms. The van der Waals surface area contributed by atoms with Crippen molar-refractivity contribution >= 4 is 15.9 Å². The van der Waals surface area contributed by atoms with E-state index in [-0.39, 0.29) is 30.3 Å². The number of halogens is 1. The van der Waals surface area contributed by atoms with Gasteiger partial charge in [-0.2, -0.15) is 4.31 Å². The van der Waals surface area contributed by atoms with Crippen LogP contribution in [0.15, 0.2) is 53.4 Å². The van der Waals surface area contributed by atoms with Crippen LogP contribution < -0.4 is 10.2 Å². The molecule has 0 bridgehead atoms. The normalized spacial score (nSPS) is 21.5. The van der Waals surface area contributed by atoms with E-state index in [1.807, 2.05) is 0 Å². The van der Waals surface area contributed by atoms with Gasteiger partial charge in [-0.05, 0) is 53.8 Å². The smallest absolute Gasteiger partial charge is 0.262 e. The van der Waals surface area contributed by atoms with E-state index in [1.165, 1.54) is 41.9 Å². The van der Waals surface area contributed by atoms with Crippen molar-refractivity contribution in [2.24, 2.45) is 5.41 Å². The molecular formula is C21H25FN2O6S. The van der Waals surface area contributed by atoms with Gasteiger partial charge in [0.05, 0.1) is 11.0 Å². The van der Waals surface area contributed by atoms with E-state index < -0.39 is 33.5 Å². The van der Waals surface area contributed by atoms with Gasteiger partial charge in [0.2, 0.25) is 10.0 Å². The first-order valence-electron chi connectivity index (χ1n) is 9.66. The second-order valence-electron chi connectivity index (χ2n) is 8.19. The van der Waals surface area contributed by atoms with Crippen LogP contribution in [0.5, 0.6) is 5.75 Å². The van der Waals surface area contributed by atoms with Crippen LogP contribution in [-0.4, -0.2) is 47.6 Å². The Balaban J connectivity index is 1.81. The van der Waals surface area contributed by atoms with E-state index in [2.05, 4.69) is 0 Å². The maximum absolute atomic E-state index is 13.3. The van der Waals surface area contributed by atoms with Crippen molar-refractivity contribution in [2.75, 3.05) is 6.54 Å². The monoisotopic (exact) mass is 452 g/mol. The topological polar surface area (TPSA) is 116 Å². The molecule has 3 rings (SSSR count). The highest BCUT2D eigenvalue weighted by Crippen LogP contribution is 2.38. The molecule has 2 atom stereocenters. The zero-order chi connectivity index (χ0) is 22.8. The number of nitrogens with one attached hydrogen (secondary N) is 1. The molecule has 1 aliphatic rings. The molecule has 0 aromatic heterocycles. The van der Waals surface area contributed by atoms with Crippen LogP contribution in [0.25, 0.3) is 0 Å². The summed E-state index contributed by atoms with van der Waals surface area (Å²) in [6.07, 6.45) is -0.751. The summed E-state index contributed by atoms with van der Waals surface area (Å²) in [4.78, 5) is 12.2. The first kappa shape index (κ1) is 23.1. The molecule has 1 aliphatic heterocycles.